The summed E-state index contributed by atoms with van der Waals surface area (Å²) in [4.78, 5) is 11.9. The number of ether oxygens (including phenoxy) is 1. The van der Waals surface area contributed by atoms with Crippen LogP contribution < -0.4 is 0 Å². The van der Waals surface area contributed by atoms with E-state index >= 15 is 0 Å². The molecule has 0 aliphatic rings. The molecule has 0 bridgehead atoms. The fourth-order valence-corrected chi connectivity index (χ4v) is 2.24. The monoisotopic (exact) mass is 320 g/mol. The van der Waals surface area contributed by atoms with Crippen LogP contribution in [0.3, 0.4) is 0 Å². The van der Waals surface area contributed by atoms with Gasteiger partial charge < -0.3 is 4.74 Å². The second-order valence-electron chi connectivity index (χ2n) is 5.39. The summed E-state index contributed by atoms with van der Waals surface area (Å²) in [6, 6.07) is 0. The van der Waals surface area contributed by atoms with Crippen molar-refractivity contribution >= 4 is 21.9 Å². The van der Waals surface area contributed by atoms with E-state index in [4.69, 9.17) is 4.74 Å². The maximum atomic E-state index is 11.5. The molecule has 0 N–H and O–H groups in total. The van der Waals surface area contributed by atoms with Crippen LogP contribution in [0.1, 0.15) is 72.1 Å². The first-order valence-electron chi connectivity index (χ1n) is 7.36. The summed E-state index contributed by atoms with van der Waals surface area (Å²) in [5, 5.41) is 0. The molecule has 0 spiro atoms. The Balaban J connectivity index is 3.41. The van der Waals surface area contributed by atoms with Gasteiger partial charge in [-0.2, -0.15) is 0 Å². The Kier molecular flexibility index (Phi) is 12.0. The van der Waals surface area contributed by atoms with Crippen molar-refractivity contribution in [3.05, 3.63) is 0 Å². The van der Waals surface area contributed by atoms with E-state index in [9.17, 15) is 4.79 Å². The topological polar surface area (TPSA) is 26.3 Å². The van der Waals surface area contributed by atoms with E-state index in [1.54, 1.807) is 0 Å². The molecule has 0 aromatic rings. The molecule has 0 aliphatic carbocycles. The Morgan fingerprint density at radius 1 is 1.11 bits per heavy atom. The molecule has 1 unspecified atom stereocenters. The molecule has 0 radical (unpaired) electrons. The number of carbonyl (C=O) groups excluding carboxylic acids is 1. The summed E-state index contributed by atoms with van der Waals surface area (Å²) in [6.07, 6.45) is 8.71. The fourth-order valence-electron chi connectivity index (χ4n) is 1.69. The Hall–Kier alpha value is -0.0500. The summed E-state index contributed by atoms with van der Waals surface area (Å²) in [7, 11) is 0. The molecule has 0 fully saturated rings. The number of unbranched alkanes of at least 4 members (excludes halogenated alkanes) is 3. The predicted molar refractivity (Wildman–Crippen MR) is 81.1 cm³/mol. The van der Waals surface area contributed by atoms with Gasteiger partial charge in [0.15, 0.2) is 0 Å². The van der Waals surface area contributed by atoms with Crippen LogP contribution in [-0.2, 0) is 9.53 Å². The molecule has 0 heterocycles. The molecule has 0 aromatic carbocycles. The maximum Gasteiger partial charge on any atom is 0.305 e. The lowest BCUT2D eigenvalue weighted by Gasteiger charge is -2.10. The van der Waals surface area contributed by atoms with Crippen molar-refractivity contribution in [1.82, 2.24) is 0 Å². The summed E-state index contributed by atoms with van der Waals surface area (Å²) in [5.41, 5.74) is 0. The van der Waals surface area contributed by atoms with Crippen LogP contribution in [0.4, 0.5) is 0 Å². The van der Waals surface area contributed by atoms with E-state index in [0.29, 0.717) is 23.8 Å². The van der Waals surface area contributed by atoms with Gasteiger partial charge in [0.1, 0.15) is 0 Å². The minimum absolute atomic E-state index is 0.0475. The first-order valence-corrected chi connectivity index (χ1v) is 8.27. The van der Waals surface area contributed by atoms with Gasteiger partial charge in [0.2, 0.25) is 0 Å². The van der Waals surface area contributed by atoms with Crippen molar-refractivity contribution in [2.75, 3.05) is 6.61 Å². The quantitative estimate of drug-likeness (QED) is 0.301. The van der Waals surface area contributed by atoms with E-state index in [2.05, 4.69) is 36.7 Å². The molecule has 108 valence electrons. The third-order valence-electron chi connectivity index (χ3n) is 2.99. The first kappa shape index (κ1) is 17.9. The standard InChI is InChI=1S/C15H29BrO2/c1-4-5-6-7-8-14(16)9-10-15(17)18-12-11-13(2)3/h13-14H,4-12H2,1-3H3. The Morgan fingerprint density at radius 3 is 2.44 bits per heavy atom. The molecule has 1 atom stereocenters. The van der Waals surface area contributed by atoms with Gasteiger partial charge in [-0.15, -0.1) is 0 Å². The second-order valence-corrected chi connectivity index (χ2v) is 6.68. The molecule has 0 aliphatic heterocycles. The van der Waals surface area contributed by atoms with Crippen LogP contribution in [0.5, 0.6) is 0 Å². The number of carbonyl (C=O) groups is 1. The Labute approximate surface area is 121 Å². The lowest BCUT2D eigenvalue weighted by atomic mass is 10.1. The number of alkyl halides is 1. The van der Waals surface area contributed by atoms with Gasteiger partial charge in [-0.3, -0.25) is 4.79 Å². The van der Waals surface area contributed by atoms with Crippen LogP contribution in [0, 0.1) is 5.92 Å². The van der Waals surface area contributed by atoms with Gasteiger partial charge in [0, 0.05) is 11.2 Å². The van der Waals surface area contributed by atoms with Gasteiger partial charge in [0.25, 0.3) is 0 Å². The SMILES string of the molecule is CCCCCCC(Br)CCC(=O)OCCC(C)C. The van der Waals surface area contributed by atoms with Crippen molar-refractivity contribution in [1.29, 1.82) is 0 Å². The minimum Gasteiger partial charge on any atom is -0.466 e. The highest BCUT2D eigenvalue weighted by Gasteiger charge is 2.09. The van der Waals surface area contributed by atoms with Crippen molar-refractivity contribution in [3.8, 4) is 0 Å². The Bertz CT molecular complexity index is 205. The fraction of sp³-hybridized carbons (Fsp3) is 0.933. The van der Waals surface area contributed by atoms with E-state index in [-0.39, 0.29) is 5.97 Å². The summed E-state index contributed by atoms with van der Waals surface area (Å²) in [6.45, 7) is 7.07. The molecule has 0 amide bonds. The highest BCUT2D eigenvalue weighted by atomic mass is 79.9. The lowest BCUT2D eigenvalue weighted by molar-refractivity contribution is -0.144. The summed E-state index contributed by atoms with van der Waals surface area (Å²) >= 11 is 3.64. The van der Waals surface area contributed by atoms with Crippen molar-refractivity contribution in [2.45, 2.75) is 77.0 Å². The van der Waals surface area contributed by atoms with Crippen LogP contribution in [-0.4, -0.2) is 17.4 Å². The summed E-state index contributed by atoms with van der Waals surface area (Å²) < 4.78 is 5.19. The molecular formula is C15H29BrO2. The number of hydrogen-bond acceptors (Lipinski definition) is 2. The number of esters is 1. The van der Waals surface area contributed by atoms with Crippen LogP contribution in [0.25, 0.3) is 0 Å². The van der Waals surface area contributed by atoms with E-state index < -0.39 is 0 Å². The highest BCUT2D eigenvalue weighted by Crippen LogP contribution is 2.17. The highest BCUT2D eigenvalue weighted by molar-refractivity contribution is 9.09. The average molecular weight is 321 g/mol. The van der Waals surface area contributed by atoms with Crippen molar-refractivity contribution in [2.24, 2.45) is 5.92 Å². The van der Waals surface area contributed by atoms with Gasteiger partial charge in [-0.1, -0.05) is 62.4 Å². The molecule has 0 saturated heterocycles. The number of rotatable bonds is 11. The van der Waals surface area contributed by atoms with Gasteiger partial charge >= 0.3 is 5.97 Å². The largest absolute Gasteiger partial charge is 0.466 e. The molecule has 3 heteroatoms. The normalized spacial score (nSPS) is 12.7. The van der Waals surface area contributed by atoms with Crippen LogP contribution >= 0.6 is 15.9 Å². The molecule has 0 aromatic heterocycles. The molecule has 18 heavy (non-hydrogen) atoms. The zero-order chi connectivity index (χ0) is 13.8. The maximum absolute atomic E-state index is 11.5. The Morgan fingerprint density at radius 2 is 1.83 bits per heavy atom. The van der Waals surface area contributed by atoms with Gasteiger partial charge in [-0.05, 0) is 25.2 Å². The van der Waals surface area contributed by atoms with E-state index in [1.807, 2.05) is 0 Å². The number of halogens is 1. The van der Waals surface area contributed by atoms with Crippen molar-refractivity contribution in [3.63, 3.8) is 0 Å². The molecular weight excluding hydrogens is 292 g/mol. The molecule has 2 nitrogen and oxygen atoms in total. The second kappa shape index (κ2) is 12.0. The third kappa shape index (κ3) is 12.4. The van der Waals surface area contributed by atoms with E-state index in [1.165, 1.54) is 32.1 Å². The lowest BCUT2D eigenvalue weighted by Crippen LogP contribution is -2.10. The molecule has 0 saturated carbocycles. The molecule has 0 rings (SSSR count). The minimum atomic E-state index is -0.0475. The third-order valence-corrected chi connectivity index (χ3v) is 3.91. The average Bonchev–Trinajstić information content (AvgIpc) is 2.31. The van der Waals surface area contributed by atoms with Gasteiger partial charge in [-0.25, -0.2) is 0 Å². The zero-order valence-electron chi connectivity index (χ0n) is 12.2. The number of hydrogen-bond donors (Lipinski definition) is 0. The zero-order valence-corrected chi connectivity index (χ0v) is 13.8. The van der Waals surface area contributed by atoms with Crippen LogP contribution in [0.15, 0.2) is 0 Å². The predicted octanol–water partition coefficient (Wildman–Crippen LogP) is 5.09. The summed E-state index contributed by atoms with van der Waals surface area (Å²) in [5.74, 6) is 0.550. The smallest absolute Gasteiger partial charge is 0.305 e. The van der Waals surface area contributed by atoms with Gasteiger partial charge in [0.05, 0.1) is 6.61 Å². The first-order chi connectivity index (χ1) is 8.56. The van der Waals surface area contributed by atoms with E-state index in [0.717, 1.165) is 12.8 Å². The van der Waals surface area contributed by atoms with Crippen molar-refractivity contribution < 1.29 is 9.53 Å². The van der Waals surface area contributed by atoms with Crippen LogP contribution in [0.2, 0.25) is 0 Å².